The number of carboxylic acids is 1. The predicted molar refractivity (Wildman–Crippen MR) is 94.3 cm³/mol. The molecule has 3 rings (SSSR count). The van der Waals surface area contributed by atoms with Crippen LogP contribution in [0.4, 0.5) is 18.9 Å². The highest BCUT2D eigenvalue weighted by molar-refractivity contribution is 5.88. The number of nitrogens with zero attached hydrogens (tertiary/aromatic N) is 1. The lowest BCUT2D eigenvalue weighted by Gasteiger charge is -2.30. The molecule has 1 N–H and O–H groups in total. The minimum Gasteiger partial charge on any atom is -0.478 e. The van der Waals surface area contributed by atoms with Crippen LogP contribution in [-0.2, 0) is 6.18 Å². The molecule has 2 aromatic carbocycles. The van der Waals surface area contributed by atoms with Crippen molar-refractivity contribution in [2.24, 2.45) is 0 Å². The first-order valence-electron chi connectivity index (χ1n) is 8.28. The van der Waals surface area contributed by atoms with Crippen LogP contribution in [-0.4, -0.2) is 24.2 Å². The molecule has 136 valence electrons. The van der Waals surface area contributed by atoms with Crippen LogP contribution in [0.3, 0.4) is 0 Å². The molecule has 0 bridgehead atoms. The first-order valence-corrected chi connectivity index (χ1v) is 8.28. The molecule has 3 nitrogen and oxygen atoms in total. The van der Waals surface area contributed by atoms with Crippen LogP contribution in [0.15, 0.2) is 54.1 Å². The van der Waals surface area contributed by atoms with E-state index >= 15 is 0 Å². The summed E-state index contributed by atoms with van der Waals surface area (Å²) in [6, 6.07) is 12.2. The number of hydrogen-bond donors (Lipinski definition) is 1. The van der Waals surface area contributed by atoms with Crippen molar-refractivity contribution in [2.45, 2.75) is 19.0 Å². The summed E-state index contributed by atoms with van der Waals surface area (Å²) in [5.41, 5.74) is 1.73. The number of aromatic carboxylic acids is 1. The Morgan fingerprint density at radius 3 is 2.19 bits per heavy atom. The molecule has 0 saturated carbocycles. The maximum atomic E-state index is 13.1. The maximum absolute atomic E-state index is 13.1. The van der Waals surface area contributed by atoms with Gasteiger partial charge in [-0.15, -0.1) is 0 Å². The fourth-order valence-electron chi connectivity index (χ4n) is 3.11. The van der Waals surface area contributed by atoms with E-state index in [4.69, 9.17) is 5.11 Å². The average Bonchev–Trinajstić information content (AvgIpc) is 2.62. The maximum Gasteiger partial charge on any atom is 0.416 e. The summed E-state index contributed by atoms with van der Waals surface area (Å²) in [6.07, 6.45) is -1.37. The van der Waals surface area contributed by atoms with Gasteiger partial charge in [-0.2, -0.15) is 13.2 Å². The van der Waals surface area contributed by atoms with E-state index in [1.807, 2.05) is 0 Å². The monoisotopic (exact) mass is 361 g/mol. The van der Waals surface area contributed by atoms with E-state index in [9.17, 15) is 18.0 Å². The topological polar surface area (TPSA) is 40.5 Å². The van der Waals surface area contributed by atoms with Crippen molar-refractivity contribution in [3.05, 3.63) is 70.8 Å². The molecule has 0 spiro atoms. The first kappa shape index (κ1) is 18.0. The van der Waals surface area contributed by atoms with Crippen LogP contribution >= 0.6 is 0 Å². The average molecular weight is 361 g/mol. The van der Waals surface area contributed by atoms with Gasteiger partial charge in [-0.3, -0.25) is 0 Å². The van der Waals surface area contributed by atoms with Gasteiger partial charge in [0, 0.05) is 18.8 Å². The van der Waals surface area contributed by atoms with Gasteiger partial charge in [0.1, 0.15) is 0 Å². The third-order valence-corrected chi connectivity index (χ3v) is 4.51. The second-order valence-electron chi connectivity index (χ2n) is 6.23. The number of benzene rings is 2. The number of anilines is 1. The second kappa shape index (κ2) is 7.23. The molecule has 0 amide bonds. The van der Waals surface area contributed by atoms with Crippen molar-refractivity contribution in [3.8, 4) is 0 Å². The van der Waals surface area contributed by atoms with Crippen molar-refractivity contribution >= 4 is 17.7 Å². The smallest absolute Gasteiger partial charge is 0.416 e. The first-order chi connectivity index (χ1) is 12.3. The van der Waals surface area contributed by atoms with Crippen molar-refractivity contribution in [1.29, 1.82) is 0 Å². The SMILES string of the molecule is O=C(O)c1ccc(N2CCC(=Cc3ccccc3C(F)(F)F)CC2)cc1. The predicted octanol–water partition coefficient (Wildman–Crippen LogP) is 5.09. The van der Waals surface area contributed by atoms with Gasteiger partial charge in [0.05, 0.1) is 11.1 Å². The van der Waals surface area contributed by atoms with Crippen molar-refractivity contribution in [1.82, 2.24) is 0 Å². The number of alkyl halides is 3. The molecule has 0 aromatic heterocycles. The quantitative estimate of drug-likeness (QED) is 0.828. The Morgan fingerprint density at radius 2 is 1.62 bits per heavy atom. The minimum atomic E-state index is -4.36. The van der Waals surface area contributed by atoms with Gasteiger partial charge in [-0.25, -0.2) is 4.79 Å². The van der Waals surface area contributed by atoms with Gasteiger partial charge in [0.2, 0.25) is 0 Å². The molecule has 1 fully saturated rings. The van der Waals surface area contributed by atoms with Crippen LogP contribution in [0.1, 0.15) is 34.3 Å². The summed E-state index contributed by atoms with van der Waals surface area (Å²) in [6.45, 7) is 1.37. The number of halogens is 3. The Kier molecular flexibility index (Phi) is 5.02. The fourth-order valence-corrected chi connectivity index (χ4v) is 3.11. The van der Waals surface area contributed by atoms with Gasteiger partial charge in [0.15, 0.2) is 0 Å². The third-order valence-electron chi connectivity index (χ3n) is 4.51. The largest absolute Gasteiger partial charge is 0.478 e. The van der Waals surface area contributed by atoms with Crippen LogP contribution in [0.25, 0.3) is 6.08 Å². The van der Waals surface area contributed by atoms with Crippen molar-refractivity contribution in [2.75, 3.05) is 18.0 Å². The van der Waals surface area contributed by atoms with E-state index < -0.39 is 17.7 Å². The highest BCUT2D eigenvalue weighted by atomic mass is 19.4. The highest BCUT2D eigenvalue weighted by Crippen LogP contribution is 2.34. The number of carboxylic acid groups (broad SMARTS) is 1. The third kappa shape index (κ3) is 4.07. The Morgan fingerprint density at radius 1 is 1.00 bits per heavy atom. The molecule has 26 heavy (non-hydrogen) atoms. The normalized spacial score (nSPS) is 15.0. The molecule has 1 heterocycles. The van der Waals surface area contributed by atoms with Gasteiger partial charge in [-0.1, -0.05) is 29.8 Å². The summed E-state index contributed by atoms with van der Waals surface area (Å²) in [4.78, 5) is 13.0. The minimum absolute atomic E-state index is 0.203. The Bertz CT molecular complexity index is 816. The van der Waals surface area contributed by atoms with Crippen LogP contribution in [0.2, 0.25) is 0 Å². The van der Waals surface area contributed by atoms with Gasteiger partial charge < -0.3 is 10.0 Å². The lowest BCUT2D eigenvalue weighted by molar-refractivity contribution is -0.137. The lowest BCUT2D eigenvalue weighted by Crippen LogP contribution is -2.30. The molecule has 1 saturated heterocycles. The van der Waals surface area contributed by atoms with Gasteiger partial charge >= 0.3 is 12.1 Å². The van der Waals surface area contributed by atoms with E-state index in [2.05, 4.69) is 4.90 Å². The molecule has 1 aliphatic rings. The zero-order valence-electron chi connectivity index (χ0n) is 14.0. The van der Waals surface area contributed by atoms with Crippen molar-refractivity contribution in [3.63, 3.8) is 0 Å². The summed E-state index contributed by atoms with van der Waals surface area (Å²) in [7, 11) is 0. The molecular weight excluding hydrogens is 343 g/mol. The molecular formula is C20H18F3NO2. The Balaban J connectivity index is 1.71. The van der Waals surface area contributed by atoms with Gasteiger partial charge in [0.25, 0.3) is 0 Å². The highest BCUT2D eigenvalue weighted by Gasteiger charge is 2.32. The molecule has 6 heteroatoms. The second-order valence-corrected chi connectivity index (χ2v) is 6.23. The number of carbonyl (C=O) groups is 1. The summed E-state index contributed by atoms with van der Waals surface area (Å²) in [5, 5.41) is 8.94. The van der Waals surface area contributed by atoms with E-state index in [0.717, 1.165) is 17.3 Å². The zero-order valence-corrected chi connectivity index (χ0v) is 14.0. The van der Waals surface area contributed by atoms with Gasteiger partial charge in [-0.05, 0) is 48.7 Å². The Labute approximate surface area is 149 Å². The molecule has 0 radical (unpaired) electrons. The van der Waals surface area contributed by atoms with E-state index in [-0.39, 0.29) is 11.1 Å². The zero-order chi connectivity index (χ0) is 18.7. The number of piperidine rings is 1. The van der Waals surface area contributed by atoms with Crippen LogP contribution < -0.4 is 4.90 Å². The molecule has 0 aliphatic carbocycles. The van der Waals surface area contributed by atoms with E-state index in [0.29, 0.717) is 25.9 Å². The molecule has 1 aliphatic heterocycles. The Hall–Kier alpha value is -2.76. The van der Waals surface area contributed by atoms with E-state index in [1.54, 1.807) is 36.4 Å². The fraction of sp³-hybridized carbons (Fsp3) is 0.250. The summed E-state index contributed by atoms with van der Waals surface area (Å²) < 4.78 is 39.3. The number of hydrogen-bond acceptors (Lipinski definition) is 2. The lowest BCUT2D eigenvalue weighted by atomic mass is 9.98. The molecule has 0 unspecified atom stereocenters. The standard InChI is InChI=1S/C20H18F3NO2/c21-20(22,23)18-4-2-1-3-16(18)13-14-9-11-24(12-10-14)17-7-5-15(6-8-17)19(25)26/h1-8,13H,9-12H2,(H,25,26). The molecule has 2 aromatic rings. The van der Waals surface area contributed by atoms with Crippen LogP contribution in [0.5, 0.6) is 0 Å². The van der Waals surface area contributed by atoms with E-state index in [1.165, 1.54) is 12.1 Å². The molecule has 0 atom stereocenters. The summed E-state index contributed by atoms with van der Waals surface area (Å²) in [5.74, 6) is -0.969. The summed E-state index contributed by atoms with van der Waals surface area (Å²) >= 11 is 0. The number of rotatable bonds is 3. The van der Waals surface area contributed by atoms with Crippen LogP contribution in [0, 0.1) is 0 Å². The van der Waals surface area contributed by atoms with Crippen molar-refractivity contribution < 1.29 is 23.1 Å².